The van der Waals surface area contributed by atoms with Crippen molar-refractivity contribution in [2.75, 3.05) is 13.2 Å². The maximum Gasteiger partial charge on any atom is 0.407 e. The van der Waals surface area contributed by atoms with Crippen molar-refractivity contribution >= 4 is 18.0 Å². The molecule has 2 aromatic rings. The number of nitrogens with one attached hydrogen (secondary N) is 1. The van der Waals surface area contributed by atoms with Gasteiger partial charge in [-0.2, -0.15) is 0 Å². The van der Waals surface area contributed by atoms with Gasteiger partial charge >= 0.3 is 12.1 Å². The Hall–Kier alpha value is -3.35. The minimum Gasteiger partial charge on any atom is -0.480 e. The lowest BCUT2D eigenvalue weighted by Crippen LogP contribution is -2.68. The highest BCUT2D eigenvalue weighted by Crippen LogP contribution is 2.65. The smallest absolute Gasteiger partial charge is 0.407 e. The molecule has 7 heteroatoms. The lowest BCUT2D eigenvalue weighted by molar-refractivity contribution is -0.175. The van der Waals surface area contributed by atoms with Gasteiger partial charge in [0.1, 0.15) is 12.6 Å². The van der Waals surface area contributed by atoms with Gasteiger partial charge < -0.3 is 20.1 Å². The van der Waals surface area contributed by atoms with Gasteiger partial charge in [0.25, 0.3) is 0 Å². The molecule has 3 fully saturated rings. The summed E-state index contributed by atoms with van der Waals surface area (Å²) >= 11 is 0. The van der Waals surface area contributed by atoms with Gasteiger partial charge in [-0.1, -0.05) is 62.4 Å². The number of likely N-dealkylation sites (tertiary alicyclic amines) is 1. The van der Waals surface area contributed by atoms with Crippen LogP contribution >= 0.6 is 0 Å². The van der Waals surface area contributed by atoms with E-state index in [0.717, 1.165) is 12.8 Å². The summed E-state index contributed by atoms with van der Waals surface area (Å²) in [4.78, 5) is 39.2. The molecule has 2 saturated carbocycles. The minimum atomic E-state index is -0.950. The van der Waals surface area contributed by atoms with Crippen molar-refractivity contribution in [2.45, 2.75) is 51.1 Å². The number of aliphatic carboxylic acids is 1. The van der Waals surface area contributed by atoms with Crippen LogP contribution in [0.25, 0.3) is 11.1 Å². The first-order valence-electron chi connectivity index (χ1n) is 12.4. The van der Waals surface area contributed by atoms with E-state index in [1.807, 2.05) is 38.1 Å². The van der Waals surface area contributed by atoms with Crippen molar-refractivity contribution in [3.05, 3.63) is 59.7 Å². The molecule has 1 aliphatic heterocycles. The van der Waals surface area contributed by atoms with Crippen molar-refractivity contribution in [3.8, 4) is 11.1 Å². The molecule has 2 N–H and O–H groups in total. The number of fused-ring (bicyclic) bond motifs is 4. The van der Waals surface area contributed by atoms with Crippen LogP contribution in [0.1, 0.15) is 50.2 Å². The molecule has 7 nitrogen and oxygen atoms in total. The molecule has 4 unspecified atom stereocenters. The van der Waals surface area contributed by atoms with Gasteiger partial charge in [0.2, 0.25) is 5.91 Å². The number of rotatable bonds is 5. The molecular weight excluding hydrogens is 444 g/mol. The van der Waals surface area contributed by atoms with Crippen LogP contribution in [0.3, 0.4) is 0 Å². The number of ether oxygens (including phenoxy) is 1. The number of nitrogens with zero attached hydrogens (tertiary/aromatic N) is 1. The molecule has 4 aliphatic rings. The molecular formula is C28H30N2O5. The predicted molar refractivity (Wildman–Crippen MR) is 129 cm³/mol. The maximum absolute atomic E-state index is 13.3. The molecule has 6 rings (SSSR count). The highest BCUT2D eigenvalue weighted by molar-refractivity contribution is 5.92. The van der Waals surface area contributed by atoms with E-state index in [1.54, 1.807) is 0 Å². The van der Waals surface area contributed by atoms with Crippen molar-refractivity contribution in [1.29, 1.82) is 0 Å². The number of alkyl carbamates (subject to hydrolysis) is 1. The van der Waals surface area contributed by atoms with E-state index in [0.29, 0.717) is 13.0 Å². The Morgan fingerprint density at radius 1 is 1.03 bits per heavy atom. The number of benzene rings is 2. The van der Waals surface area contributed by atoms with Gasteiger partial charge in [-0.3, -0.25) is 4.79 Å². The molecule has 0 spiro atoms. The third kappa shape index (κ3) is 3.35. The zero-order chi connectivity index (χ0) is 24.5. The number of amides is 2. The van der Waals surface area contributed by atoms with Crippen molar-refractivity contribution in [2.24, 2.45) is 16.7 Å². The first-order valence-corrected chi connectivity index (χ1v) is 12.4. The third-order valence-electron chi connectivity index (χ3n) is 8.63. The van der Waals surface area contributed by atoms with Crippen molar-refractivity contribution < 1.29 is 24.2 Å². The zero-order valence-electron chi connectivity index (χ0n) is 20.0. The van der Waals surface area contributed by atoms with Crippen LogP contribution in [0.15, 0.2) is 48.5 Å². The van der Waals surface area contributed by atoms with Gasteiger partial charge in [-0.05, 0) is 47.4 Å². The number of carboxylic acid groups (broad SMARTS) is 1. The Labute approximate surface area is 204 Å². The van der Waals surface area contributed by atoms with Crippen LogP contribution < -0.4 is 5.32 Å². The Morgan fingerprint density at radius 2 is 1.66 bits per heavy atom. The number of carbonyl (C=O) groups is 3. The summed E-state index contributed by atoms with van der Waals surface area (Å²) in [5, 5.41) is 12.6. The number of hydrogen-bond donors (Lipinski definition) is 2. The number of carbonyl (C=O) groups excluding carboxylic acids is 2. The largest absolute Gasteiger partial charge is 0.480 e. The molecule has 2 amide bonds. The molecule has 182 valence electrons. The van der Waals surface area contributed by atoms with E-state index < -0.39 is 28.9 Å². The van der Waals surface area contributed by atoms with Crippen LogP contribution in [0.5, 0.6) is 0 Å². The summed E-state index contributed by atoms with van der Waals surface area (Å²) in [5.41, 5.74) is 3.76. The lowest BCUT2D eigenvalue weighted by Gasteiger charge is -2.52. The van der Waals surface area contributed by atoms with Gasteiger partial charge in [0.15, 0.2) is 0 Å². The first-order chi connectivity index (χ1) is 16.7. The molecule has 4 atom stereocenters. The fourth-order valence-corrected chi connectivity index (χ4v) is 6.94. The monoisotopic (exact) mass is 474 g/mol. The third-order valence-corrected chi connectivity index (χ3v) is 8.63. The Morgan fingerprint density at radius 3 is 2.26 bits per heavy atom. The second-order valence-corrected chi connectivity index (χ2v) is 11.3. The van der Waals surface area contributed by atoms with Crippen LogP contribution in [0.4, 0.5) is 4.79 Å². The second-order valence-electron chi connectivity index (χ2n) is 11.3. The summed E-state index contributed by atoms with van der Waals surface area (Å²) < 4.78 is 5.68. The summed E-state index contributed by atoms with van der Waals surface area (Å²) in [7, 11) is 0. The van der Waals surface area contributed by atoms with E-state index in [-0.39, 0.29) is 30.4 Å². The summed E-state index contributed by atoms with van der Waals surface area (Å²) in [6, 6.07) is 15.5. The van der Waals surface area contributed by atoms with Gasteiger partial charge in [-0.25, -0.2) is 9.59 Å². The SMILES string of the molecule is CC1(C)CN(C(=O)C23CC(NC(=O)OCC4c5ccccc5-c5ccccc54)CC2C3)C1C(=O)O. The topological polar surface area (TPSA) is 95.9 Å². The van der Waals surface area contributed by atoms with Crippen LogP contribution in [-0.2, 0) is 14.3 Å². The van der Waals surface area contributed by atoms with E-state index in [2.05, 4.69) is 29.6 Å². The van der Waals surface area contributed by atoms with Crippen molar-refractivity contribution in [1.82, 2.24) is 10.2 Å². The van der Waals surface area contributed by atoms with E-state index in [4.69, 9.17) is 4.74 Å². The van der Waals surface area contributed by atoms with E-state index >= 15 is 0 Å². The molecule has 0 bridgehead atoms. The van der Waals surface area contributed by atoms with Crippen LogP contribution in [0.2, 0.25) is 0 Å². The minimum absolute atomic E-state index is 0.000717. The fraction of sp³-hybridized carbons (Fsp3) is 0.464. The predicted octanol–water partition coefficient (Wildman–Crippen LogP) is 4.02. The normalized spacial score (nSPS) is 29.4. The highest BCUT2D eigenvalue weighted by Gasteiger charge is 2.69. The maximum atomic E-state index is 13.3. The standard InChI is InChI=1S/C28H30N2O5/c1-27(2)15-30(23(27)24(31)32)25(33)28-12-16(28)11-17(13-28)29-26(34)35-14-22-20-9-5-3-7-18(20)19-8-4-6-10-21(19)22/h3-10,16-17,22-23H,11-15H2,1-2H3,(H,29,34)(H,31,32). The zero-order valence-corrected chi connectivity index (χ0v) is 20.0. The number of carboxylic acids is 1. The summed E-state index contributed by atoms with van der Waals surface area (Å²) in [6.07, 6.45) is 1.58. The molecule has 1 saturated heterocycles. The molecule has 35 heavy (non-hydrogen) atoms. The first kappa shape index (κ1) is 22.1. The quantitative estimate of drug-likeness (QED) is 0.683. The molecule has 0 radical (unpaired) electrons. The van der Waals surface area contributed by atoms with Crippen molar-refractivity contribution in [3.63, 3.8) is 0 Å². The molecule has 1 heterocycles. The Bertz CT molecular complexity index is 1190. The van der Waals surface area contributed by atoms with Gasteiger partial charge in [0.05, 0.1) is 5.41 Å². The van der Waals surface area contributed by atoms with Crippen LogP contribution in [-0.4, -0.2) is 53.2 Å². The van der Waals surface area contributed by atoms with E-state index in [1.165, 1.54) is 27.2 Å². The summed E-state index contributed by atoms with van der Waals surface area (Å²) in [6.45, 7) is 4.48. The fourth-order valence-electron chi connectivity index (χ4n) is 6.94. The van der Waals surface area contributed by atoms with Crippen LogP contribution in [0, 0.1) is 16.7 Å². The average molecular weight is 475 g/mol. The van der Waals surface area contributed by atoms with E-state index in [9.17, 15) is 19.5 Å². The second kappa shape index (κ2) is 7.57. The van der Waals surface area contributed by atoms with Gasteiger partial charge in [0, 0.05) is 23.9 Å². The molecule has 2 aromatic carbocycles. The lowest BCUT2D eigenvalue weighted by atomic mass is 9.74. The molecule has 0 aromatic heterocycles. The Balaban J connectivity index is 1.07. The summed E-state index contributed by atoms with van der Waals surface area (Å²) in [5.74, 6) is -0.812. The average Bonchev–Trinajstić information content (AvgIpc) is 3.23. The number of hydrogen-bond acceptors (Lipinski definition) is 4. The highest BCUT2D eigenvalue weighted by atomic mass is 16.5. The molecule has 3 aliphatic carbocycles. The Kier molecular flexibility index (Phi) is 4.79. The van der Waals surface area contributed by atoms with Gasteiger partial charge in [-0.15, -0.1) is 0 Å².